The van der Waals surface area contributed by atoms with Crippen molar-refractivity contribution in [3.63, 3.8) is 0 Å². The molecule has 1 aromatic rings. The first-order valence-corrected chi connectivity index (χ1v) is 12.2. The summed E-state index contributed by atoms with van der Waals surface area (Å²) in [7, 11) is 0. The predicted molar refractivity (Wildman–Crippen MR) is 114 cm³/mol. The Labute approximate surface area is 180 Å². The van der Waals surface area contributed by atoms with E-state index in [-0.39, 0.29) is 29.8 Å². The number of amides is 2. The number of aromatic nitrogens is 1. The highest BCUT2D eigenvalue weighted by Crippen LogP contribution is 2.32. The fraction of sp³-hybridized carbons (Fsp3) is 0.700. The van der Waals surface area contributed by atoms with Crippen LogP contribution in [0.1, 0.15) is 64.7 Å². The molecule has 0 radical (unpaired) electrons. The van der Waals surface area contributed by atoms with Gasteiger partial charge in [0.2, 0.25) is 0 Å². The lowest BCUT2D eigenvalue weighted by Gasteiger charge is -2.41. The summed E-state index contributed by atoms with van der Waals surface area (Å²) in [4.78, 5) is 42.6. The highest BCUT2D eigenvalue weighted by Gasteiger charge is 2.34. The molecule has 0 aliphatic heterocycles. The van der Waals surface area contributed by atoms with Gasteiger partial charge >= 0.3 is 12.0 Å². The fourth-order valence-electron chi connectivity index (χ4n) is 4.06. The molecule has 2 aliphatic carbocycles. The van der Waals surface area contributed by atoms with E-state index in [1.807, 2.05) is 4.90 Å². The molecule has 0 unspecified atom stereocenters. The number of rotatable bonds is 7. The average Bonchev–Trinajstić information content (AvgIpc) is 3.16. The molecular weight excluding hydrogens is 410 g/mol. The first kappa shape index (κ1) is 22.1. The van der Waals surface area contributed by atoms with Gasteiger partial charge in [-0.05, 0) is 32.6 Å². The van der Waals surface area contributed by atoms with Crippen LogP contribution in [-0.4, -0.2) is 52.1 Å². The fourth-order valence-corrected chi connectivity index (χ4v) is 5.72. The van der Waals surface area contributed by atoms with Crippen molar-refractivity contribution >= 4 is 46.0 Å². The van der Waals surface area contributed by atoms with Crippen molar-refractivity contribution in [1.82, 2.24) is 9.88 Å². The van der Waals surface area contributed by atoms with Gasteiger partial charge in [-0.15, -0.1) is 11.8 Å². The number of nitrogens with one attached hydrogen (secondary N) is 1. The molecule has 0 aromatic carbocycles. The highest BCUT2D eigenvalue weighted by atomic mass is 32.2. The Balaban J connectivity index is 1.62. The number of carbonyl (C=O) groups is 3. The average molecular weight is 440 g/mol. The second-order valence-corrected chi connectivity index (χ2v) is 9.78. The van der Waals surface area contributed by atoms with Gasteiger partial charge in [0.1, 0.15) is 5.78 Å². The Kier molecular flexibility index (Phi) is 8.35. The van der Waals surface area contributed by atoms with E-state index in [0.717, 1.165) is 42.7 Å². The summed E-state index contributed by atoms with van der Waals surface area (Å²) in [5.74, 6) is 0.272. The molecule has 2 fully saturated rings. The molecule has 1 N–H and O–H groups in total. The third-order valence-electron chi connectivity index (χ3n) is 5.44. The maximum atomic E-state index is 13.2. The van der Waals surface area contributed by atoms with Crippen LogP contribution in [0.4, 0.5) is 9.93 Å². The zero-order chi connectivity index (χ0) is 20.6. The molecule has 7 nitrogen and oxygen atoms in total. The quantitative estimate of drug-likeness (QED) is 0.498. The van der Waals surface area contributed by atoms with E-state index in [1.165, 1.54) is 29.5 Å². The van der Waals surface area contributed by atoms with E-state index >= 15 is 0 Å². The third-order valence-corrected chi connectivity index (χ3v) is 7.53. The predicted octanol–water partition coefficient (Wildman–Crippen LogP) is 4.48. The molecule has 3 rings (SSSR count). The summed E-state index contributed by atoms with van der Waals surface area (Å²) >= 11 is 2.72. The molecule has 0 saturated heterocycles. The third kappa shape index (κ3) is 6.44. The first-order chi connectivity index (χ1) is 14.1. The summed E-state index contributed by atoms with van der Waals surface area (Å²) < 4.78 is 5.79. The first-order valence-electron chi connectivity index (χ1n) is 10.4. The largest absolute Gasteiger partial charge is 0.465 e. The van der Waals surface area contributed by atoms with Crippen molar-refractivity contribution in [2.45, 2.75) is 81.0 Å². The summed E-state index contributed by atoms with van der Waals surface area (Å²) in [5.41, 5.74) is 0. The number of nitrogens with zero attached hydrogens (tertiary/aromatic N) is 2. The Morgan fingerprint density at radius 2 is 1.90 bits per heavy atom. The maximum absolute atomic E-state index is 13.2. The van der Waals surface area contributed by atoms with E-state index < -0.39 is 0 Å². The van der Waals surface area contributed by atoms with Crippen LogP contribution in [0, 0.1) is 0 Å². The van der Waals surface area contributed by atoms with E-state index in [9.17, 15) is 14.4 Å². The van der Waals surface area contributed by atoms with E-state index in [4.69, 9.17) is 4.74 Å². The molecule has 2 aliphatic rings. The van der Waals surface area contributed by atoms with Crippen LogP contribution in [0.25, 0.3) is 0 Å². The number of thiazole rings is 1. The monoisotopic (exact) mass is 439 g/mol. The molecule has 0 bridgehead atoms. The van der Waals surface area contributed by atoms with E-state index in [2.05, 4.69) is 10.3 Å². The number of urea groups is 1. The van der Waals surface area contributed by atoms with Gasteiger partial charge in [0.25, 0.3) is 0 Å². The number of anilines is 1. The summed E-state index contributed by atoms with van der Waals surface area (Å²) in [6, 6.07) is 0.237. The van der Waals surface area contributed by atoms with Crippen LogP contribution in [-0.2, 0) is 14.3 Å². The Bertz CT molecular complexity index is 708. The molecule has 1 aromatic heterocycles. The number of ether oxygens (including phenoxy) is 1. The summed E-state index contributed by atoms with van der Waals surface area (Å²) in [6.07, 6.45) is 9.87. The van der Waals surface area contributed by atoms with Gasteiger partial charge in [0.15, 0.2) is 5.13 Å². The minimum Gasteiger partial charge on any atom is -0.465 e. The van der Waals surface area contributed by atoms with E-state index in [0.29, 0.717) is 30.4 Å². The zero-order valence-electron chi connectivity index (χ0n) is 16.9. The number of carbonyl (C=O) groups excluding carboxylic acids is 3. The number of hydrogen-bond donors (Lipinski definition) is 1. The van der Waals surface area contributed by atoms with Crippen LogP contribution in [0.3, 0.4) is 0 Å². The molecule has 0 spiro atoms. The zero-order valence-corrected chi connectivity index (χ0v) is 18.5. The standard InChI is InChI=1S/C20H29N3O4S2/c1-2-27-17(25)13-28-18-12-21-19(29-18)22-20(26)23(14-6-4-3-5-7-14)15-8-10-16(24)11-9-15/h12,14-15H,2-11,13H2,1H3,(H,21,22,26). The number of thioether (sulfide) groups is 1. The van der Waals surface area contributed by atoms with Crippen LogP contribution >= 0.6 is 23.1 Å². The molecule has 9 heteroatoms. The number of esters is 1. The van der Waals surface area contributed by atoms with Gasteiger partial charge in [0, 0.05) is 24.9 Å². The van der Waals surface area contributed by atoms with Gasteiger partial charge in [-0.1, -0.05) is 30.6 Å². The summed E-state index contributed by atoms with van der Waals surface area (Å²) in [5, 5.41) is 3.50. The van der Waals surface area contributed by atoms with Gasteiger partial charge in [0.05, 0.1) is 22.8 Å². The molecule has 160 valence electrons. The second kappa shape index (κ2) is 11.0. The number of Topliss-reactive ketones (excluding diaryl/α,β-unsaturated/α-hetero) is 1. The normalized spacial score (nSPS) is 18.4. The van der Waals surface area contributed by atoms with Crippen LogP contribution in [0.15, 0.2) is 10.4 Å². The summed E-state index contributed by atoms with van der Waals surface area (Å²) in [6.45, 7) is 2.15. The van der Waals surface area contributed by atoms with Gasteiger partial charge < -0.3 is 9.64 Å². The van der Waals surface area contributed by atoms with Crippen LogP contribution in [0.5, 0.6) is 0 Å². The van der Waals surface area contributed by atoms with Crippen molar-refractivity contribution in [2.24, 2.45) is 0 Å². The molecule has 29 heavy (non-hydrogen) atoms. The SMILES string of the molecule is CCOC(=O)CSc1cnc(NC(=O)N(C2CCCCC2)C2CCC(=O)CC2)s1. The minimum absolute atomic E-state index is 0.118. The topological polar surface area (TPSA) is 88.6 Å². The molecule has 2 saturated carbocycles. The van der Waals surface area contributed by atoms with Crippen molar-refractivity contribution in [2.75, 3.05) is 17.7 Å². The van der Waals surface area contributed by atoms with Gasteiger partial charge in [-0.2, -0.15) is 0 Å². The smallest absolute Gasteiger partial charge is 0.324 e. The van der Waals surface area contributed by atoms with Gasteiger partial charge in [-0.25, -0.2) is 9.78 Å². The van der Waals surface area contributed by atoms with Crippen molar-refractivity contribution < 1.29 is 19.1 Å². The Morgan fingerprint density at radius 1 is 1.21 bits per heavy atom. The lowest BCUT2D eigenvalue weighted by atomic mass is 9.88. The lowest BCUT2D eigenvalue weighted by molar-refractivity contribution is -0.139. The Morgan fingerprint density at radius 3 is 2.59 bits per heavy atom. The van der Waals surface area contributed by atoms with Gasteiger partial charge in [-0.3, -0.25) is 14.9 Å². The van der Waals surface area contributed by atoms with Crippen molar-refractivity contribution in [3.8, 4) is 0 Å². The molecule has 0 atom stereocenters. The van der Waals surface area contributed by atoms with Crippen molar-refractivity contribution in [3.05, 3.63) is 6.20 Å². The van der Waals surface area contributed by atoms with E-state index in [1.54, 1.807) is 13.1 Å². The minimum atomic E-state index is -0.258. The number of ketones is 1. The second-order valence-electron chi connectivity index (χ2n) is 7.48. The molecular formula is C20H29N3O4S2. The lowest BCUT2D eigenvalue weighted by Crippen LogP contribution is -2.51. The maximum Gasteiger partial charge on any atom is 0.324 e. The molecule has 1 heterocycles. The number of hydrogen-bond acceptors (Lipinski definition) is 7. The highest BCUT2D eigenvalue weighted by molar-refractivity contribution is 8.01. The Hall–Kier alpha value is -1.61. The van der Waals surface area contributed by atoms with Crippen LogP contribution in [0.2, 0.25) is 0 Å². The van der Waals surface area contributed by atoms with Crippen molar-refractivity contribution in [1.29, 1.82) is 0 Å². The molecule has 2 amide bonds. The van der Waals surface area contributed by atoms with Crippen LogP contribution < -0.4 is 5.32 Å².